The summed E-state index contributed by atoms with van der Waals surface area (Å²) in [5.41, 5.74) is 0. The molecular formula is C62H108O14. The van der Waals surface area contributed by atoms with Crippen LogP contribution in [0.5, 0.6) is 0 Å². The molecule has 2 saturated heterocycles. The van der Waals surface area contributed by atoms with Crippen molar-refractivity contribution < 1.29 is 69.0 Å². The van der Waals surface area contributed by atoms with Gasteiger partial charge in [0.15, 0.2) is 12.6 Å². The first-order valence-corrected chi connectivity index (χ1v) is 30.0. The summed E-state index contributed by atoms with van der Waals surface area (Å²) in [6, 6.07) is 0. The second-order valence-corrected chi connectivity index (χ2v) is 20.8. The predicted octanol–water partition coefficient (Wildman–Crippen LogP) is 11.0. The summed E-state index contributed by atoms with van der Waals surface area (Å²) in [7, 11) is 0. The Bertz CT molecular complexity index is 1530. The highest BCUT2D eigenvalue weighted by Gasteiger charge is 2.47. The fourth-order valence-electron chi connectivity index (χ4n) is 9.13. The normalized spacial score (nSPS) is 25.0. The molecule has 0 aromatic heterocycles. The van der Waals surface area contributed by atoms with Gasteiger partial charge in [-0.15, -0.1) is 0 Å². The van der Waals surface area contributed by atoms with E-state index in [2.05, 4.69) is 86.8 Å². The van der Waals surface area contributed by atoms with Gasteiger partial charge in [0.1, 0.15) is 54.9 Å². The third kappa shape index (κ3) is 34.4. The van der Waals surface area contributed by atoms with Crippen LogP contribution in [0.15, 0.2) is 72.9 Å². The monoisotopic (exact) mass is 1080 g/mol. The largest absolute Gasteiger partial charge is 0.457 e. The average Bonchev–Trinajstić information content (AvgIpc) is 3.42. The number of unbranched alkanes of at least 4 members (excludes halogenated alkanes) is 22. The Kier molecular flexibility index (Phi) is 44.2. The van der Waals surface area contributed by atoms with Crippen molar-refractivity contribution in [3.05, 3.63) is 72.9 Å². The van der Waals surface area contributed by atoms with Crippen molar-refractivity contribution in [1.82, 2.24) is 0 Å². The van der Waals surface area contributed by atoms with Gasteiger partial charge < -0.3 is 64.2 Å². The zero-order valence-electron chi connectivity index (χ0n) is 47.2. The Balaban J connectivity index is 1.68. The molecule has 14 nitrogen and oxygen atoms in total. The Hall–Kier alpha value is -2.57. The molecule has 2 aliphatic heterocycles. The zero-order chi connectivity index (χ0) is 55.1. The molecule has 14 heteroatoms. The highest BCUT2D eigenvalue weighted by Crippen LogP contribution is 2.27. The summed E-state index contributed by atoms with van der Waals surface area (Å²) in [6.45, 7) is 3.55. The number of allylic oxidation sites excluding steroid dienone is 12. The van der Waals surface area contributed by atoms with E-state index in [-0.39, 0.29) is 19.6 Å². The van der Waals surface area contributed by atoms with Crippen LogP contribution < -0.4 is 0 Å². The Morgan fingerprint density at radius 3 is 1.34 bits per heavy atom. The Morgan fingerprint density at radius 1 is 0.447 bits per heavy atom. The van der Waals surface area contributed by atoms with Gasteiger partial charge in [-0.3, -0.25) is 4.79 Å². The minimum atomic E-state index is -1.71. The fraction of sp³-hybridized carbons (Fsp3) is 0.790. The van der Waals surface area contributed by atoms with Crippen molar-refractivity contribution in [2.24, 2.45) is 0 Å². The van der Waals surface area contributed by atoms with Gasteiger partial charge in [0.25, 0.3) is 0 Å². The lowest BCUT2D eigenvalue weighted by Gasteiger charge is -2.42. The third-order valence-electron chi connectivity index (χ3n) is 13.9. The van der Waals surface area contributed by atoms with Gasteiger partial charge >= 0.3 is 5.97 Å². The van der Waals surface area contributed by atoms with Gasteiger partial charge in [0.05, 0.1) is 26.4 Å². The van der Waals surface area contributed by atoms with Gasteiger partial charge in [0.2, 0.25) is 0 Å². The molecule has 440 valence electrons. The molecule has 11 unspecified atom stereocenters. The molecule has 2 fully saturated rings. The van der Waals surface area contributed by atoms with Crippen LogP contribution in [-0.4, -0.2) is 142 Å². The maximum atomic E-state index is 13.1. The van der Waals surface area contributed by atoms with E-state index in [4.69, 9.17) is 28.4 Å². The summed E-state index contributed by atoms with van der Waals surface area (Å²) in [5, 5.41) is 72.4. The van der Waals surface area contributed by atoms with E-state index < -0.39 is 86.7 Å². The minimum absolute atomic E-state index is 0.0525. The first-order chi connectivity index (χ1) is 37.1. The second kappa shape index (κ2) is 48.3. The maximum absolute atomic E-state index is 13.1. The zero-order valence-corrected chi connectivity index (χ0v) is 47.2. The number of carbonyl (C=O) groups is 1. The minimum Gasteiger partial charge on any atom is -0.457 e. The van der Waals surface area contributed by atoms with Crippen LogP contribution in [0.1, 0.15) is 213 Å². The van der Waals surface area contributed by atoms with E-state index in [1.54, 1.807) is 0 Å². The van der Waals surface area contributed by atoms with Gasteiger partial charge in [-0.05, 0) is 83.5 Å². The number of hydrogen-bond acceptors (Lipinski definition) is 14. The fourth-order valence-corrected chi connectivity index (χ4v) is 9.13. The van der Waals surface area contributed by atoms with Gasteiger partial charge in [-0.25, -0.2) is 0 Å². The summed E-state index contributed by atoms with van der Waals surface area (Å²) >= 11 is 0. The summed E-state index contributed by atoms with van der Waals surface area (Å²) in [5.74, 6) is -0.390. The van der Waals surface area contributed by atoms with Crippen LogP contribution in [0.3, 0.4) is 0 Å². The molecule has 0 bridgehead atoms. The van der Waals surface area contributed by atoms with Gasteiger partial charge in [-0.2, -0.15) is 0 Å². The number of carbonyl (C=O) groups excluding carboxylic acids is 1. The number of rotatable bonds is 48. The van der Waals surface area contributed by atoms with Gasteiger partial charge in [0, 0.05) is 13.0 Å². The van der Waals surface area contributed by atoms with Crippen LogP contribution >= 0.6 is 0 Å². The van der Waals surface area contributed by atoms with E-state index in [0.29, 0.717) is 13.0 Å². The quantitative estimate of drug-likeness (QED) is 0.0172. The topological polar surface area (TPSA) is 214 Å². The highest BCUT2D eigenvalue weighted by atomic mass is 16.7. The average molecular weight is 1080 g/mol. The van der Waals surface area contributed by atoms with E-state index >= 15 is 0 Å². The van der Waals surface area contributed by atoms with Crippen molar-refractivity contribution in [3.63, 3.8) is 0 Å². The molecule has 2 rings (SSSR count). The molecule has 0 radical (unpaired) electrons. The molecule has 0 saturated carbocycles. The molecule has 0 aliphatic carbocycles. The van der Waals surface area contributed by atoms with E-state index in [9.17, 15) is 40.5 Å². The molecule has 2 heterocycles. The number of aliphatic hydroxyl groups excluding tert-OH is 7. The first kappa shape index (κ1) is 69.5. The third-order valence-corrected chi connectivity index (χ3v) is 13.9. The lowest BCUT2D eigenvalue weighted by atomic mass is 9.98. The summed E-state index contributed by atoms with van der Waals surface area (Å²) in [6.07, 6.45) is 45.3. The molecule has 7 N–H and O–H groups in total. The smallest absolute Gasteiger partial charge is 0.306 e. The van der Waals surface area contributed by atoms with Crippen molar-refractivity contribution >= 4 is 5.97 Å². The predicted molar refractivity (Wildman–Crippen MR) is 302 cm³/mol. The standard InChI is InChI=1S/C62H108O14/c1-3-5-7-9-11-13-15-17-19-21-22-23-24-25-26-27-28-29-30-32-34-36-38-40-42-44-46-71-48-51(74-54(64)45-43-41-39-37-35-33-31-20-18-16-14-12-10-8-6-4-2)49-72-61-60(70)58(68)56(66)53(76-61)50-73-62-59(69)57(67)55(65)52(47-63)75-62/h5,7,11,13-14,16-17,19-20,22-23,31,51-53,55-63,65-70H,3-4,6,8-10,12,15,18,21,24-30,32-50H2,1-2H3/b7-5-,13-11-,16-14-,19-17-,23-22-,31-20-. The van der Waals surface area contributed by atoms with Crippen molar-refractivity contribution in [2.75, 3.05) is 33.0 Å². The van der Waals surface area contributed by atoms with E-state index in [1.165, 1.54) is 96.3 Å². The van der Waals surface area contributed by atoms with E-state index in [1.807, 2.05) is 0 Å². The molecular weight excluding hydrogens is 969 g/mol. The molecule has 2 aliphatic rings. The first-order valence-electron chi connectivity index (χ1n) is 30.0. The van der Waals surface area contributed by atoms with Gasteiger partial charge in [-0.1, -0.05) is 196 Å². The summed E-state index contributed by atoms with van der Waals surface area (Å²) in [4.78, 5) is 13.1. The van der Waals surface area contributed by atoms with E-state index in [0.717, 1.165) is 89.9 Å². The van der Waals surface area contributed by atoms with Crippen molar-refractivity contribution in [3.8, 4) is 0 Å². The molecule has 0 spiro atoms. The highest BCUT2D eigenvalue weighted by molar-refractivity contribution is 5.69. The van der Waals surface area contributed by atoms with Crippen molar-refractivity contribution in [1.29, 1.82) is 0 Å². The van der Waals surface area contributed by atoms with Crippen molar-refractivity contribution in [2.45, 2.75) is 280 Å². The SMILES string of the molecule is CC/C=C\C/C=C\C/C=C\C/C=C\CCCCCCCCCCCCCCCOCC(COC1OC(COC2OC(CO)C(O)C(O)C2O)C(O)C(O)C1O)OC(=O)CCCCCCC/C=C\C/C=C\CCCCCC. The maximum Gasteiger partial charge on any atom is 0.306 e. The van der Waals surface area contributed by atoms with Crippen LogP contribution in [0.2, 0.25) is 0 Å². The van der Waals surface area contributed by atoms with Crippen LogP contribution in [-0.2, 0) is 33.2 Å². The number of esters is 1. The number of hydrogen-bond donors (Lipinski definition) is 7. The molecule has 0 amide bonds. The Labute approximate surface area is 459 Å². The lowest BCUT2D eigenvalue weighted by Crippen LogP contribution is -2.61. The molecule has 76 heavy (non-hydrogen) atoms. The molecule has 0 aromatic rings. The molecule has 0 aromatic carbocycles. The number of ether oxygens (including phenoxy) is 6. The van der Waals surface area contributed by atoms with Crippen LogP contribution in [0.25, 0.3) is 0 Å². The van der Waals surface area contributed by atoms with Crippen LogP contribution in [0, 0.1) is 0 Å². The lowest BCUT2D eigenvalue weighted by molar-refractivity contribution is -0.332. The number of aliphatic hydroxyl groups is 7. The van der Waals surface area contributed by atoms with Crippen LogP contribution in [0.4, 0.5) is 0 Å². The molecule has 11 atom stereocenters. The second-order valence-electron chi connectivity index (χ2n) is 20.8. The Morgan fingerprint density at radius 2 is 0.855 bits per heavy atom. The summed E-state index contributed by atoms with van der Waals surface area (Å²) < 4.78 is 34.4.